The van der Waals surface area contributed by atoms with Crippen LogP contribution < -0.4 is 5.32 Å². The fraction of sp³-hybridized carbons (Fsp3) is 0.611. The zero-order valence-corrected chi connectivity index (χ0v) is 15.7. The van der Waals surface area contributed by atoms with Gasteiger partial charge in [-0.2, -0.15) is 26.3 Å². The summed E-state index contributed by atoms with van der Waals surface area (Å²) in [6.45, 7) is 7.89. The second-order valence-corrected chi connectivity index (χ2v) is 7.52. The first-order chi connectivity index (χ1) is 12.0. The molecule has 1 N–H and O–H groups in total. The quantitative estimate of drug-likeness (QED) is 0.478. The van der Waals surface area contributed by atoms with Crippen LogP contribution in [0, 0.1) is 5.92 Å². The van der Waals surface area contributed by atoms with Crippen molar-refractivity contribution < 1.29 is 35.9 Å². The van der Waals surface area contributed by atoms with Crippen molar-refractivity contribution in [2.24, 2.45) is 5.92 Å². The van der Waals surface area contributed by atoms with Gasteiger partial charge in [0.25, 0.3) is 0 Å². The van der Waals surface area contributed by atoms with Gasteiger partial charge in [0.05, 0.1) is 16.7 Å². The lowest BCUT2D eigenvalue weighted by molar-refractivity contribution is -0.144. The number of rotatable bonds is 5. The van der Waals surface area contributed by atoms with Crippen LogP contribution in [0.4, 0.5) is 32.0 Å². The van der Waals surface area contributed by atoms with Crippen LogP contribution in [0.5, 0.6) is 0 Å². The second kappa shape index (κ2) is 7.98. The molecule has 1 aromatic carbocycles. The molecule has 0 aromatic heterocycles. The van der Waals surface area contributed by atoms with E-state index in [1.165, 1.54) is 20.8 Å². The number of nitrogens with one attached hydrogen (secondary N) is 1. The highest BCUT2D eigenvalue weighted by molar-refractivity contribution is 5.95. The Bertz CT molecular complexity index is 672. The van der Waals surface area contributed by atoms with Crippen molar-refractivity contribution in [3.63, 3.8) is 0 Å². The zero-order valence-electron chi connectivity index (χ0n) is 15.7. The summed E-state index contributed by atoms with van der Waals surface area (Å²) in [5.74, 6) is -1.50. The largest absolute Gasteiger partial charge is 0.456 e. The Balaban J connectivity index is 3.62. The van der Waals surface area contributed by atoms with E-state index in [0.29, 0.717) is 18.6 Å². The van der Waals surface area contributed by atoms with Crippen molar-refractivity contribution in [1.82, 2.24) is 0 Å². The van der Waals surface area contributed by atoms with Crippen LogP contribution in [0.25, 0.3) is 0 Å². The minimum Gasteiger partial charge on any atom is -0.456 e. The van der Waals surface area contributed by atoms with Gasteiger partial charge < -0.3 is 10.1 Å². The molecule has 3 nitrogen and oxygen atoms in total. The molecule has 1 aromatic rings. The Hall–Kier alpha value is -1.93. The van der Waals surface area contributed by atoms with Gasteiger partial charge in [0.15, 0.2) is 0 Å². The molecule has 0 aliphatic carbocycles. The summed E-state index contributed by atoms with van der Waals surface area (Å²) in [7, 11) is 0. The zero-order chi connectivity index (χ0) is 21.2. The molecule has 0 saturated heterocycles. The van der Waals surface area contributed by atoms with E-state index in [1.807, 2.05) is 13.8 Å². The molecule has 0 amide bonds. The van der Waals surface area contributed by atoms with Gasteiger partial charge in [-0.25, -0.2) is 4.79 Å². The molecule has 0 spiro atoms. The van der Waals surface area contributed by atoms with Gasteiger partial charge in [-0.15, -0.1) is 0 Å². The third-order valence-electron chi connectivity index (χ3n) is 3.43. The predicted molar refractivity (Wildman–Crippen MR) is 89.6 cm³/mol. The van der Waals surface area contributed by atoms with E-state index in [2.05, 4.69) is 5.32 Å². The number of esters is 1. The number of benzene rings is 1. The van der Waals surface area contributed by atoms with Gasteiger partial charge in [0, 0.05) is 12.2 Å². The summed E-state index contributed by atoms with van der Waals surface area (Å²) in [5, 5.41) is 2.49. The SMILES string of the molecule is CC(C)CCNc1ccc(C(F)(F)F)c(C(=O)OC(C)(C)C)c1C(F)(F)F. The Morgan fingerprint density at radius 3 is 2.00 bits per heavy atom. The van der Waals surface area contributed by atoms with Gasteiger partial charge in [-0.3, -0.25) is 0 Å². The van der Waals surface area contributed by atoms with Crippen LogP contribution in [0.1, 0.15) is 62.5 Å². The van der Waals surface area contributed by atoms with Gasteiger partial charge in [0.1, 0.15) is 5.60 Å². The molecular weight excluding hydrogens is 376 g/mol. The molecule has 0 fully saturated rings. The van der Waals surface area contributed by atoms with E-state index in [1.54, 1.807) is 0 Å². The molecule has 0 saturated carbocycles. The van der Waals surface area contributed by atoms with Crippen molar-refractivity contribution in [3.8, 4) is 0 Å². The fourth-order valence-electron chi connectivity index (χ4n) is 2.32. The minimum absolute atomic E-state index is 0.111. The van der Waals surface area contributed by atoms with E-state index >= 15 is 0 Å². The molecule has 9 heteroatoms. The second-order valence-electron chi connectivity index (χ2n) is 7.52. The first kappa shape index (κ1) is 23.1. The number of carbonyl (C=O) groups is 1. The summed E-state index contributed by atoms with van der Waals surface area (Å²) in [4.78, 5) is 12.3. The maximum Gasteiger partial charge on any atom is 0.419 e. The Morgan fingerprint density at radius 2 is 1.59 bits per heavy atom. The molecule has 0 bridgehead atoms. The van der Waals surface area contributed by atoms with Crippen LogP contribution >= 0.6 is 0 Å². The molecule has 1 rings (SSSR count). The Morgan fingerprint density at radius 1 is 1.04 bits per heavy atom. The summed E-state index contributed by atoms with van der Waals surface area (Å²) in [6.07, 6.45) is -9.84. The van der Waals surface area contributed by atoms with E-state index in [4.69, 9.17) is 4.74 Å². The maximum atomic E-state index is 13.6. The molecule has 0 heterocycles. The Labute approximate surface area is 154 Å². The van der Waals surface area contributed by atoms with Crippen LogP contribution in [-0.2, 0) is 17.1 Å². The van der Waals surface area contributed by atoms with Gasteiger partial charge in [-0.1, -0.05) is 13.8 Å². The summed E-state index contributed by atoms with van der Waals surface area (Å²) in [6, 6.07) is 1.16. The predicted octanol–water partition coefficient (Wildman–Crippen LogP) is 6.14. The minimum atomic E-state index is -5.19. The lowest BCUT2D eigenvalue weighted by Gasteiger charge is -2.25. The topological polar surface area (TPSA) is 38.3 Å². The third kappa shape index (κ3) is 6.62. The fourth-order valence-corrected chi connectivity index (χ4v) is 2.32. The highest BCUT2D eigenvalue weighted by Crippen LogP contribution is 2.43. The first-order valence-electron chi connectivity index (χ1n) is 8.32. The average Bonchev–Trinajstić information content (AvgIpc) is 2.41. The van der Waals surface area contributed by atoms with Crippen molar-refractivity contribution in [2.45, 2.75) is 59.0 Å². The van der Waals surface area contributed by atoms with Crippen LogP contribution in [0.15, 0.2) is 12.1 Å². The van der Waals surface area contributed by atoms with Crippen molar-refractivity contribution >= 4 is 11.7 Å². The van der Waals surface area contributed by atoms with Gasteiger partial charge >= 0.3 is 18.3 Å². The van der Waals surface area contributed by atoms with Crippen LogP contribution in [0.3, 0.4) is 0 Å². The number of ether oxygens (including phenoxy) is 1. The number of halogens is 6. The third-order valence-corrected chi connectivity index (χ3v) is 3.43. The molecule has 0 unspecified atom stereocenters. The molecule has 0 radical (unpaired) electrons. The molecule has 0 aliphatic heterocycles. The lowest BCUT2D eigenvalue weighted by Crippen LogP contribution is -2.29. The lowest BCUT2D eigenvalue weighted by atomic mass is 9.97. The number of hydrogen-bond acceptors (Lipinski definition) is 3. The molecule has 0 aliphatic rings. The summed E-state index contributed by atoms with van der Waals surface area (Å²) < 4.78 is 85.7. The van der Waals surface area contributed by atoms with E-state index in [-0.39, 0.29) is 12.5 Å². The smallest absolute Gasteiger partial charge is 0.419 e. The molecule has 0 atom stereocenters. The van der Waals surface area contributed by atoms with Crippen molar-refractivity contribution in [3.05, 3.63) is 28.8 Å². The normalized spacial score (nSPS) is 13.0. The highest BCUT2D eigenvalue weighted by atomic mass is 19.4. The number of alkyl halides is 6. The van der Waals surface area contributed by atoms with Crippen molar-refractivity contribution in [1.29, 1.82) is 0 Å². The highest BCUT2D eigenvalue weighted by Gasteiger charge is 2.46. The monoisotopic (exact) mass is 399 g/mol. The standard InChI is InChI=1S/C18H23F6NO2/c1-10(2)8-9-25-12-7-6-11(17(19,20)21)13(14(12)18(22,23)24)15(26)27-16(3,4)5/h6-7,10,25H,8-9H2,1-5H3. The number of carbonyl (C=O) groups excluding carboxylic acids is 1. The summed E-state index contributed by atoms with van der Waals surface area (Å²) in [5.41, 5.74) is -6.73. The number of hydrogen-bond donors (Lipinski definition) is 1. The molecular formula is C18H23F6NO2. The molecule has 154 valence electrons. The first-order valence-corrected chi connectivity index (χ1v) is 8.32. The summed E-state index contributed by atoms with van der Waals surface area (Å²) >= 11 is 0. The number of anilines is 1. The van der Waals surface area contributed by atoms with Crippen LogP contribution in [0.2, 0.25) is 0 Å². The average molecular weight is 399 g/mol. The molecule has 27 heavy (non-hydrogen) atoms. The van der Waals surface area contributed by atoms with Crippen molar-refractivity contribution in [2.75, 3.05) is 11.9 Å². The van der Waals surface area contributed by atoms with Crippen LogP contribution in [-0.4, -0.2) is 18.1 Å². The van der Waals surface area contributed by atoms with E-state index < -0.39 is 46.3 Å². The van der Waals surface area contributed by atoms with Gasteiger partial charge in [0.2, 0.25) is 0 Å². The van der Waals surface area contributed by atoms with E-state index in [9.17, 15) is 31.1 Å². The van der Waals surface area contributed by atoms with Gasteiger partial charge in [-0.05, 0) is 45.2 Å². The Kier molecular flexibility index (Phi) is 6.83. The maximum absolute atomic E-state index is 13.6. The van der Waals surface area contributed by atoms with E-state index in [0.717, 1.165) is 0 Å².